The lowest BCUT2D eigenvalue weighted by Crippen LogP contribution is -2.31. The van der Waals surface area contributed by atoms with Crippen LogP contribution in [-0.4, -0.2) is 23.8 Å². The minimum absolute atomic E-state index is 0.151. The van der Waals surface area contributed by atoms with E-state index < -0.39 is 17.8 Å². The van der Waals surface area contributed by atoms with Gasteiger partial charge in [-0.3, -0.25) is 14.7 Å². The Labute approximate surface area is 222 Å². The minimum Gasteiger partial charge on any atom is -0.308 e. The van der Waals surface area contributed by atoms with Crippen molar-refractivity contribution in [2.45, 2.75) is 6.18 Å². The van der Waals surface area contributed by atoms with Crippen molar-refractivity contribution in [1.82, 2.24) is 4.98 Å². The van der Waals surface area contributed by atoms with Crippen LogP contribution in [0.2, 0.25) is 0 Å². The quantitative estimate of drug-likeness (QED) is 0.238. The topological polar surface area (TPSA) is 62.3 Å². The van der Waals surface area contributed by atoms with Gasteiger partial charge in [0.05, 0.1) is 11.1 Å². The number of hydrogen-bond acceptors (Lipinski definition) is 3. The van der Waals surface area contributed by atoms with Gasteiger partial charge in [0.2, 0.25) is 0 Å². The van der Waals surface area contributed by atoms with E-state index in [9.17, 15) is 22.8 Å². The molecule has 2 amide bonds. The number of hydrogen-bond donors (Lipinski definition) is 1. The normalized spacial score (nSPS) is 11.3. The molecule has 1 heterocycles. The molecule has 0 aliphatic heterocycles. The zero-order valence-corrected chi connectivity index (χ0v) is 20.7. The maximum absolute atomic E-state index is 13.8. The molecule has 1 aromatic heterocycles. The number of carbonyl (C=O) groups is 2. The van der Waals surface area contributed by atoms with Gasteiger partial charge >= 0.3 is 12.2 Å². The molecule has 0 atom stereocenters. The molecule has 0 spiro atoms. The largest absolute Gasteiger partial charge is 0.418 e. The average molecular weight is 526 g/mol. The molecule has 0 unspecified atom stereocenters. The molecule has 0 saturated heterocycles. The summed E-state index contributed by atoms with van der Waals surface area (Å²) in [5.74, 6) is -0.379. The van der Waals surface area contributed by atoms with Crippen molar-refractivity contribution < 1.29 is 22.8 Å². The number of aromatic nitrogens is 1. The van der Waals surface area contributed by atoms with Crippen LogP contribution < -0.4 is 10.2 Å². The molecule has 194 valence electrons. The number of amides is 2. The lowest BCUT2D eigenvalue weighted by Gasteiger charge is -2.19. The lowest BCUT2D eigenvalue weighted by atomic mass is 9.91. The summed E-state index contributed by atoms with van der Waals surface area (Å²) in [6.45, 7) is 0. The van der Waals surface area contributed by atoms with E-state index in [-0.39, 0.29) is 22.2 Å². The van der Waals surface area contributed by atoms with Gasteiger partial charge in [-0.2, -0.15) is 13.2 Å². The summed E-state index contributed by atoms with van der Waals surface area (Å²) in [6.07, 6.45) is -3.44. The Bertz CT molecular complexity index is 1670. The summed E-state index contributed by atoms with van der Waals surface area (Å²) in [5, 5.41) is 3.00. The first-order valence-corrected chi connectivity index (χ1v) is 12.0. The van der Waals surface area contributed by atoms with Crippen molar-refractivity contribution in [2.24, 2.45) is 0 Å². The van der Waals surface area contributed by atoms with E-state index in [1.807, 2.05) is 18.2 Å². The molecule has 1 N–H and O–H groups in total. The Morgan fingerprint density at radius 1 is 0.821 bits per heavy atom. The molecule has 0 aliphatic rings. The van der Waals surface area contributed by atoms with Gasteiger partial charge in [-0.25, -0.2) is 4.79 Å². The zero-order valence-electron chi connectivity index (χ0n) is 20.7. The Kier molecular flexibility index (Phi) is 6.85. The second-order valence-corrected chi connectivity index (χ2v) is 8.85. The van der Waals surface area contributed by atoms with Gasteiger partial charge in [-0.15, -0.1) is 0 Å². The number of fused-ring (bicyclic) bond motifs is 1. The number of nitrogens with zero attached hydrogens (tertiary/aromatic N) is 2. The Morgan fingerprint density at radius 3 is 2.18 bits per heavy atom. The van der Waals surface area contributed by atoms with Crippen LogP contribution in [0.3, 0.4) is 0 Å². The first kappa shape index (κ1) is 25.7. The zero-order chi connectivity index (χ0) is 27.6. The van der Waals surface area contributed by atoms with Crippen LogP contribution in [0.1, 0.15) is 21.5 Å². The summed E-state index contributed by atoms with van der Waals surface area (Å²) >= 11 is 0. The molecule has 0 fully saturated rings. The van der Waals surface area contributed by atoms with Gasteiger partial charge in [0.1, 0.15) is 0 Å². The molecule has 5 nitrogen and oxygen atoms in total. The van der Waals surface area contributed by atoms with Crippen LogP contribution in [0.4, 0.5) is 29.3 Å². The van der Waals surface area contributed by atoms with Crippen molar-refractivity contribution in [3.8, 4) is 11.1 Å². The third-order valence-electron chi connectivity index (χ3n) is 6.33. The number of alkyl halides is 3. The van der Waals surface area contributed by atoms with Crippen molar-refractivity contribution in [2.75, 3.05) is 17.3 Å². The Morgan fingerprint density at radius 2 is 1.49 bits per heavy atom. The van der Waals surface area contributed by atoms with Crippen LogP contribution in [0, 0.1) is 0 Å². The van der Waals surface area contributed by atoms with Gasteiger partial charge < -0.3 is 5.32 Å². The summed E-state index contributed by atoms with van der Waals surface area (Å²) < 4.78 is 41.5. The third-order valence-corrected chi connectivity index (χ3v) is 6.33. The SMILES string of the molecule is CN(C(=O)Nc1cccc(-c2c(C(=O)c3ccccc3)cnc3c(C(F)(F)F)cccc23)c1)c1ccccc1. The molecule has 39 heavy (non-hydrogen) atoms. The fourth-order valence-electron chi connectivity index (χ4n) is 4.41. The summed E-state index contributed by atoms with van der Waals surface area (Å²) in [4.78, 5) is 32.0. The first-order chi connectivity index (χ1) is 18.7. The van der Waals surface area contributed by atoms with E-state index in [2.05, 4.69) is 10.3 Å². The molecule has 5 aromatic rings. The molecule has 0 saturated carbocycles. The monoisotopic (exact) mass is 525 g/mol. The van der Waals surface area contributed by atoms with Crippen molar-refractivity contribution in [3.63, 3.8) is 0 Å². The molecule has 0 aliphatic carbocycles. The predicted octanol–water partition coefficient (Wildman–Crippen LogP) is 7.82. The predicted molar refractivity (Wildman–Crippen MR) is 146 cm³/mol. The van der Waals surface area contributed by atoms with Crippen LogP contribution >= 0.6 is 0 Å². The van der Waals surface area contributed by atoms with Crippen LogP contribution in [-0.2, 0) is 6.18 Å². The number of para-hydroxylation sites is 2. The number of urea groups is 1. The number of nitrogens with one attached hydrogen (secondary N) is 1. The molecule has 5 rings (SSSR count). The van der Waals surface area contributed by atoms with Gasteiger partial charge in [0, 0.05) is 46.7 Å². The van der Waals surface area contributed by atoms with Crippen LogP contribution in [0.5, 0.6) is 0 Å². The average Bonchev–Trinajstić information content (AvgIpc) is 2.96. The summed E-state index contributed by atoms with van der Waals surface area (Å²) in [6, 6.07) is 27.6. The van der Waals surface area contributed by atoms with Crippen molar-refractivity contribution in [1.29, 1.82) is 0 Å². The maximum Gasteiger partial charge on any atom is 0.418 e. The van der Waals surface area contributed by atoms with Gasteiger partial charge in [0.25, 0.3) is 0 Å². The smallest absolute Gasteiger partial charge is 0.308 e. The fraction of sp³-hybridized carbons (Fsp3) is 0.0645. The molecule has 0 radical (unpaired) electrons. The van der Waals surface area contributed by atoms with Crippen molar-refractivity contribution >= 4 is 34.1 Å². The molecule has 0 bridgehead atoms. The molecule has 4 aromatic carbocycles. The second kappa shape index (κ2) is 10.4. The van der Waals surface area contributed by atoms with E-state index in [1.54, 1.807) is 73.8 Å². The van der Waals surface area contributed by atoms with E-state index in [4.69, 9.17) is 0 Å². The van der Waals surface area contributed by atoms with Crippen molar-refractivity contribution in [3.05, 3.63) is 126 Å². The number of anilines is 2. The maximum atomic E-state index is 13.8. The standard InChI is InChI=1S/C31H22F3N3O2/c1-37(23-14-6-3-7-15-23)30(39)36-22-13-8-12-21(18-22)27-24-16-9-17-26(31(32,33)34)28(24)35-19-25(27)29(38)20-10-4-2-5-11-20/h2-19H,1H3,(H,36,39). The van der Waals surface area contributed by atoms with E-state index in [1.165, 1.54) is 23.2 Å². The number of benzene rings is 4. The number of carbonyl (C=O) groups excluding carboxylic acids is 2. The van der Waals surface area contributed by atoms with Gasteiger partial charge in [0.15, 0.2) is 5.78 Å². The number of halogens is 3. The van der Waals surface area contributed by atoms with Gasteiger partial charge in [-0.1, -0.05) is 72.8 Å². The van der Waals surface area contributed by atoms with E-state index in [0.717, 1.165) is 6.07 Å². The molecular formula is C31H22F3N3O2. The summed E-state index contributed by atoms with van der Waals surface area (Å²) in [5.41, 5.74) is 1.22. The first-order valence-electron chi connectivity index (χ1n) is 12.0. The number of ketones is 1. The highest BCUT2D eigenvalue weighted by atomic mass is 19.4. The Balaban J connectivity index is 1.63. The van der Waals surface area contributed by atoms with Gasteiger partial charge in [-0.05, 0) is 35.9 Å². The van der Waals surface area contributed by atoms with E-state index >= 15 is 0 Å². The van der Waals surface area contributed by atoms with Crippen LogP contribution in [0.25, 0.3) is 22.0 Å². The van der Waals surface area contributed by atoms with Crippen LogP contribution in [0.15, 0.2) is 109 Å². The highest BCUT2D eigenvalue weighted by Gasteiger charge is 2.34. The number of rotatable bonds is 5. The lowest BCUT2D eigenvalue weighted by molar-refractivity contribution is -0.136. The summed E-state index contributed by atoms with van der Waals surface area (Å²) in [7, 11) is 1.63. The molecule has 8 heteroatoms. The highest BCUT2D eigenvalue weighted by molar-refractivity contribution is 6.17. The number of pyridine rings is 1. The third kappa shape index (κ3) is 5.22. The highest BCUT2D eigenvalue weighted by Crippen LogP contribution is 2.39. The molecular weight excluding hydrogens is 503 g/mol. The minimum atomic E-state index is -4.63. The Hall–Kier alpha value is -4.98. The fourth-order valence-corrected chi connectivity index (χ4v) is 4.41. The van der Waals surface area contributed by atoms with E-state index in [0.29, 0.717) is 28.1 Å². The second-order valence-electron chi connectivity index (χ2n) is 8.85.